The van der Waals surface area contributed by atoms with E-state index in [9.17, 15) is 9.59 Å². The maximum Gasteiger partial charge on any atom is 0.317 e. The van der Waals surface area contributed by atoms with Gasteiger partial charge in [0.25, 0.3) is 5.91 Å². The number of hydrogen-bond donors (Lipinski definition) is 1. The van der Waals surface area contributed by atoms with E-state index in [1.165, 1.54) is 6.20 Å². The molecule has 1 N–H and O–H groups in total. The van der Waals surface area contributed by atoms with Crippen LogP contribution in [-0.4, -0.2) is 84.3 Å². The zero-order valence-electron chi connectivity index (χ0n) is 15.9. The van der Waals surface area contributed by atoms with Gasteiger partial charge in [-0.25, -0.2) is 4.98 Å². The second kappa shape index (κ2) is 9.87. The number of pyridine rings is 1. The Bertz CT molecular complexity index is 670. The third-order valence-corrected chi connectivity index (χ3v) is 4.23. The van der Waals surface area contributed by atoms with E-state index < -0.39 is 5.97 Å². The second-order valence-electron chi connectivity index (χ2n) is 7.05. The Hall–Kier alpha value is -1.90. The summed E-state index contributed by atoms with van der Waals surface area (Å²) in [4.78, 5) is 31.0. The number of nitrogens with zero attached hydrogens (tertiary/aromatic N) is 3. The standard InChI is InChI=1S/C18H26ClN3O5/c1-12(2)11-27-17-15(19)6-13(7-20-17)18(25)22-4-5-26-14(9-22)8-21(3)10-16(23)24/h6-7,12,14H,4-5,8-11H2,1-3H3,(H,23,24). The number of likely N-dealkylation sites (N-methyl/N-ethyl adjacent to an activating group) is 1. The van der Waals surface area contributed by atoms with Crippen molar-refractivity contribution in [1.82, 2.24) is 14.8 Å². The summed E-state index contributed by atoms with van der Waals surface area (Å²) in [5.74, 6) is -0.429. The number of carboxylic acid groups (broad SMARTS) is 1. The zero-order chi connectivity index (χ0) is 20.0. The summed E-state index contributed by atoms with van der Waals surface area (Å²) < 4.78 is 11.2. The van der Waals surface area contributed by atoms with Crippen molar-refractivity contribution in [2.45, 2.75) is 20.0 Å². The van der Waals surface area contributed by atoms with Crippen LogP contribution < -0.4 is 4.74 Å². The van der Waals surface area contributed by atoms with Gasteiger partial charge in [-0.3, -0.25) is 14.5 Å². The van der Waals surface area contributed by atoms with E-state index in [0.717, 1.165) is 0 Å². The van der Waals surface area contributed by atoms with Crippen molar-refractivity contribution >= 4 is 23.5 Å². The number of rotatable bonds is 8. The minimum atomic E-state index is -0.901. The van der Waals surface area contributed by atoms with Gasteiger partial charge in [-0.15, -0.1) is 0 Å². The first-order valence-corrected chi connectivity index (χ1v) is 9.23. The van der Waals surface area contributed by atoms with Crippen LogP contribution in [0.25, 0.3) is 0 Å². The van der Waals surface area contributed by atoms with Crippen molar-refractivity contribution in [3.8, 4) is 5.88 Å². The summed E-state index contributed by atoms with van der Waals surface area (Å²) in [5, 5.41) is 9.14. The fraction of sp³-hybridized carbons (Fsp3) is 0.611. The number of hydrogen-bond acceptors (Lipinski definition) is 6. The molecule has 1 atom stereocenters. The van der Waals surface area contributed by atoms with Gasteiger partial charge in [0.2, 0.25) is 5.88 Å². The van der Waals surface area contributed by atoms with Crippen molar-refractivity contribution < 1.29 is 24.2 Å². The summed E-state index contributed by atoms with van der Waals surface area (Å²) in [5.41, 5.74) is 0.386. The molecule has 0 bridgehead atoms. The van der Waals surface area contributed by atoms with Crippen LogP contribution in [0.15, 0.2) is 12.3 Å². The van der Waals surface area contributed by atoms with Gasteiger partial charge in [0, 0.05) is 25.8 Å². The van der Waals surface area contributed by atoms with Crippen molar-refractivity contribution in [3.05, 3.63) is 22.8 Å². The molecule has 0 aromatic carbocycles. The number of halogens is 1. The third kappa shape index (κ3) is 6.64. The monoisotopic (exact) mass is 399 g/mol. The number of amides is 1. The van der Waals surface area contributed by atoms with Crippen molar-refractivity contribution in [1.29, 1.82) is 0 Å². The highest BCUT2D eigenvalue weighted by Crippen LogP contribution is 2.24. The number of morpholine rings is 1. The molecule has 0 saturated carbocycles. The molecule has 27 heavy (non-hydrogen) atoms. The maximum atomic E-state index is 12.8. The molecule has 9 heteroatoms. The predicted molar refractivity (Wildman–Crippen MR) is 100 cm³/mol. The highest BCUT2D eigenvalue weighted by Gasteiger charge is 2.27. The van der Waals surface area contributed by atoms with E-state index in [0.29, 0.717) is 55.2 Å². The van der Waals surface area contributed by atoms with Crippen LogP contribution in [-0.2, 0) is 9.53 Å². The van der Waals surface area contributed by atoms with Gasteiger partial charge in [0.1, 0.15) is 5.02 Å². The third-order valence-electron chi connectivity index (χ3n) is 3.95. The van der Waals surface area contributed by atoms with Gasteiger partial charge in [-0.1, -0.05) is 25.4 Å². The van der Waals surface area contributed by atoms with E-state index in [4.69, 9.17) is 26.2 Å². The molecule has 150 valence electrons. The summed E-state index contributed by atoms with van der Waals surface area (Å²) in [6.07, 6.45) is 1.22. The number of carbonyl (C=O) groups excluding carboxylic acids is 1. The van der Waals surface area contributed by atoms with Crippen molar-refractivity contribution in [2.75, 3.05) is 46.4 Å². The Morgan fingerprint density at radius 1 is 1.52 bits per heavy atom. The lowest BCUT2D eigenvalue weighted by Crippen LogP contribution is -2.49. The highest BCUT2D eigenvalue weighted by atomic mass is 35.5. The molecule has 2 heterocycles. The van der Waals surface area contributed by atoms with E-state index in [-0.39, 0.29) is 18.6 Å². The lowest BCUT2D eigenvalue weighted by molar-refractivity contribution is -0.138. The first kappa shape index (κ1) is 21.4. The largest absolute Gasteiger partial charge is 0.480 e. The number of carboxylic acids is 1. The quantitative estimate of drug-likeness (QED) is 0.710. The molecule has 1 saturated heterocycles. The Balaban J connectivity index is 1.97. The maximum absolute atomic E-state index is 12.8. The fourth-order valence-corrected chi connectivity index (χ4v) is 2.95. The Morgan fingerprint density at radius 3 is 2.89 bits per heavy atom. The first-order valence-electron chi connectivity index (χ1n) is 8.85. The van der Waals surface area contributed by atoms with Crippen molar-refractivity contribution in [2.24, 2.45) is 5.92 Å². The number of aromatic nitrogens is 1. The molecular weight excluding hydrogens is 374 g/mol. The van der Waals surface area contributed by atoms with Crippen LogP contribution in [0, 0.1) is 5.92 Å². The average molecular weight is 400 g/mol. The molecule has 1 amide bonds. The normalized spacial score (nSPS) is 17.4. The SMILES string of the molecule is CC(C)COc1ncc(C(=O)N2CCOC(CN(C)CC(=O)O)C2)cc1Cl. The summed E-state index contributed by atoms with van der Waals surface area (Å²) in [7, 11) is 1.71. The van der Waals surface area contributed by atoms with Crippen LogP contribution in [0.5, 0.6) is 5.88 Å². The van der Waals surface area contributed by atoms with Gasteiger partial charge in [0.05, 0.1) is 31.4 Å². The van der Waals surface area contributed by atoms with Crippen LogP contribution in [0.4, 0.5) is 0 Å². The molecule has 0 radical (unpaired) electrons. The molecule has 0 aliphatic carbocycles. The predicted octanol–water partition coefficient (Wildman–Crippen LogP) is 1.63. The Labute approximate surface area is 164 Å². The first-order chi connectivity index (χ1) is 12.8. The summed E-state index contributed by atoms with van der Waals surface area (Å²) in [6, 6.07) is 1.56. The van der Waals surface area contributed by atoms with Gasteiger partial charge in [-0.2, -0.15) is 0 Å². The van der Waals surface area contributed by atoms with Crippen LogP contribution in [0.2, 0.25) is 5.02 Å². The molecular formula is C18H26ClN3O5. The van der Waals surface area contributed by atoms with Crippen LogP contribution in [0.1, 0.15) is 24.2 Å². The second-order valence-corrected chi connectivity index (χ2v) is 7.46. The number of aliphatic carboxylic acids is 1. The van der Waals surface area contributed by atoms with Crippen LogP contribution >= 0.6 is 11.6 Å². The fourth-order valence-electron chi connectivity index (χ4n) is 2.73. The smallest absolute Gasteiger partial charge is 0.317 e. The molecule has 8 nitrogen and oxygen atoms in total. The minimum absolute atomic E-state index is 0.0782. The molecule has 0 spiro atoms. The lowest BCUT2D eigenvalue weighted by atomic mass is 10.2. The van der Waals surface area contributed by atoms with E-state index in [1.54, 1.807) is 22.9 Å². The van der Waals surface area contributed by atoms with Gasteiger partial charge in [0.15, 0.2) is 0 Å². The van der Waals surface area contributed by atoms with Crippen LogP contribution in [0.3, 0.4) is 0 Å². The molecule has 1 aliphatic rings. The van der Waals surface area contributed by atoms with E-state index >= 15 is 0 Å². The minimum Gasteiger partial charge on any atom is -0.480 e. The number of ether oxygens (including phenoxy) is 2. The Morgan fingerprint density at radius 2 is 2.26 bits per heavy atom. The molecule has 1 aliphatic heterocycles. The van der Waals surface area contributed by atoms with E-state index in [1.807, 2.05) is 13.8 Å². The highest BCUT2D eigenvalue weighted by molar-refractivity contribution is 6.32. The summed E-state index contributed by atoms with van der Waals surface area (Å²) in [6.45, 7) is 6.13. The molecule has 1 fully saturated rings. The van der Waals surface area contributed by atoms with Crippen molar-refractivity contribution in [3.63, 3.8) is 0 Å². The lowest BCUT2D eigenvalue weighted by Gasteiger charge is -2.34. The zero-order valence-corrected chi connectivity index (χ0v) is 16.6. The molecule has 1 aromatic heterocycles. The average Bonchev–Trinajstić information content (AvgIpc) is 2.59. The molecule has 1 unspecified atom stereocenters. The number of carbonyl (C=O) groups is 2. The van der Waals surface area contributed by atoms with Gasteiger partial charge < -0.3 is 19.5 Å². The Kier molecular flexibility index (Phi) is 7.82. The van der Waals surface area contributed by atoms with Gasteiger partial charge in [-0.05, 0) is 19.0 Å². The summed E-state index contributed by atoms with van der Waals surface area (Å²) >= 11 is 6.20. The topological polar surface area (TPSA) is 92.2 Å². The van der Waals surface area contributed by atoms with Gasteiger partial charge >= 0.3 is 5.97 Å². The molecule has 2 rings (SSSR count). The molecule has 1 aromatic rings. The van der Waals surface area contributed by atoms with E-state index in [2.05, 4.69) is 4.98 Å².